The Kier molecular flexibility index (Phi) is 10.1. The fourth-order valence-corrected chi connectivity index (χ4v) is 8.07. The van der Waals surface area contributed by atoms with Crippen LogP contribution >= 0.6 is 45.8 Å². The van der Waals surface area contributed by atoms with Crippen molar-refractivity contribution in [3.8, 4) is 6.01 Å². The highest BCUT2D eigenvalue weighted by atomic mass is 127. The van der Waals surface area contributed by atoms with Crippen LogP contribution in [0.15, 0.2) is 21.8 Å². The molecule has 4 aliphatic heterocycles. The van der Waals surface area contributed by atoms with Crippen LogP contribution in [0.1, 0.15) is 48.6 Å². The van der Waals surface area contributed by atoms with Gasteiger partial charge in [0.25, 0.3) is 5.91 Å². The zero-order valence-electron chi connectivity index (χ0n) is 26.2. The van der Waals surface area contributed by atoms with Crippen LogP contribution in [0, 0.1) is 9.39 Å². The number of hydrogen-bond donors (Lipinski definition) is 2. The van der Waals surface area contributed by atoms with Gasteiger partial charge in [0.05, 0.1) is 51.9 Å². The highest BCUT2D eigenvalue weighted by molar-refractivity contribution is 14.1. The maximum absolute atomic E-state index is 15.4. The van der Waals surface area contributed by atoms with Gasteiger partial charge in [-0.1, -0.05) is 23.2 Å². The molecule has 0 spiro atoms. The van der Waals surface area contributed by atoms with E-state index >= 15 is 4.39 Å². The molecule has 16 heteroatoms. The number of ether oxygens (including phenoxy) is 2. The standard InChI is InChI=1S/C31H37Cl2F2IN8O3/c1-42(2)29(45)27(38)24(33)21-13-43(7-4-6-39-21)28-17-14-46-22(23-25(35)19(37)9-18(32)26(23)36)10-20(17)40-30(41-28)47-15-31-5-3-8-44(31)12-16(34)11-31/h9,16,22H,3-8,10-15,37-38H2,1-2H3/b27-24+/t16-,22?,31+/m1/s1. The van der Waals surface area contributed by atoms with E-state index in [-0.39, 0.29) is 54.2 Å². The van der Waals surface area contributed by atoms with E-state index in [1.807, 2.05) is 27.5 Å². The van der Waals surface area contributed by atoms with Crippen LogP contribution < -0.4 is 21.1 Å². The molecule has 4 N–H and O–H groups in total. The summed E-state index contributed by atoms with van der Waals surface area (Å²) in [4.78, 5) is 32.4. The summed E-state index contributed by atoms with van der Waals surface area (Å²) in [6, 6.07) is 1.52. The number of hydrogen-bond acceptors (Lipinski definition) is 10. The first-order valence-corrected chi connectivity index (χ1v) is 17.3. The summed E-state index contributed by atoms with van der Waals surface area (Å²) in [5, 5.41) is 0.412. The number of nitrogens with zero attached hydrogens (tertiary/aromatic N) is 6. The van der Waals surface area contributed by atoms with E-state index < -0.39 is 29.5 Å². The van der Waals surface area contributed by atoms with Crippen molar-refractivity contribution in [2.75, 3.05) is 64.1 Å². The average Bonchev–Trinajstić information content (AvgIpc) is 3.45. The van der Waals surface area contributed by atoms with E-state index in [9.17, 15) is 9.18 Å². The van der Waals surface area contributed by atoms with E-state index in [0.717, 1.165) is 19.4 Å². The van der Waals surface area contributed by atoms with Crippen molar-refractivity contribution >= 4 is 68.9 Å². The maximum Gasteiger partial charge on any atom is 0.318 e. The molecule has 254 valence electrons. The van der Waals surface area contributed by atoms with Crippen LogP contribution in [-0.4, -0.2) is 96.5 Å². The fourth-order valence-electron chi connectivity index (χ4n) is 6.91. The molecule has 5 heterocycles. The summed E-state index contributed by atoms with van der Waals surface area (Å²) in [5.41, 5.74) is 13.6. The van der Waals surface area contributed by atoms with Gasteiger partial charge < -0.3 is 30.7 Å². The van der Waals surface area contributed by atoms with Crippen LogP contribution in [0.3, 0.4) is 0 Å². The molecule has 6 rings (SSSR count). The first kappa shape index (κ1) is 34.3. The normalized spacial score (nSPS) is 25.1. The van der Waals surface area contributed by atoms with Crippen LogP contribution in [0.2, 0.25) is 5.02 Å². The van der Waals surface area contributed by atoms with Crippen molar-refractivity contribution in [3.05, 3.63) is 48.0 Å². The van der Waals surface area contributed by atoms with E-state index in [2.05, 4.69) is 9.89 Å². The van der Waals surface area contributed by atoms with Gasteiger partial charge in [0.2, 0.25) is 0 Å². The largest absolute Gasteiger partial charge is 0.461 e. The maximum atomic E-state index is 15.4. The second-order valence-electron chi connectivity index (χ2n) is 12.6. The molecule has 1 amide bonds. The van der Waals surface area contributed by atoms with Crippen molar-refractivity contribution in [1.29, 1.82) is 0 Å². The Morgan fingerprint density at radius 2 is 2.09 bits per heavy atom. The summed E-state index contributed by atoms with van der Waals surface area (Å²) in [6.45, 7) is 2.79. The number of alkyl halides is 1. The summed E-state index contributed by atoms with van der Waals surface area (Å²) >= 11 is 15.0. The second kappa shape index (κ2) is 13.8. The summed E-state index contributed by atoms with van der Waals surface area (Å²) in [7, 11) is 3.19. The molecule has 11 nitrogen and oxygen atoms in total. The van der Waals surface area contributed by atoms with Gasteiger partial charge in [-0.05, 0) is 54.5 Å². The number of aromatic nitrogens is 2. The Bertz CT molecular complexity index is 1620. The van der Waals surface area contributed by atoms with Crippen LogP contribution in [0.4, 0.5) is 20.3 Å². The Balaban J connectivity index is 1.37. The number of aliphatic imine (C=N–C) groups is 1. The smallest absolute Gasteiger partial charge is 0.318 e. The van der Waals surface area contributed by atoms with Gasteiger partial charge in [-0.25, -0.2) is 8.78 Å². The molecular weight excluding hydrogens is 768 g/mol. The van der Waals surface area contributed by atoms with Crippen molar-refractivity contribution < 1.29 is 23.0 Å². The van der Waals surface area contributed by atoms with Crippen molar-refractivity contribution in [2.45, 2.75) is 56.5 Å². The molecule has 2 fully saturated rings. The number of rotatable bonds is 7. The topological polar surface area (TPSA) is 135 Å². The Hall–Kier alpha value is -2.53. The quantitative estimate of drug-likeness (QED) is 0.181. The van der Waals surface area contributed by atoms with Crippen molar-refractivity contribution in [2.24, 2.45) is 10.7 Å². The van der Waals surface area contributed by atoms with Gasteiger partial charge in [0.1, 0.15) is 24.3 Å². The molecule has 47 heavy (non-hydrogen) atoms. The average molecular weight is 805 g/mol. The minimum atomic E-state index is -0.904. The molecule has 0 radical (unpaired) electrons. The summed E-state index contributed by atoms with van der Waals surface area (Å²) in [5.74, 6) is -0.453. The van der Waals surface area contributed by atoms with Gasteiger partial charge in [-0.2, -0.15) is 9.97 Å². The van der Waals surface area contributed by atoms with E-state index in [0.29, 0.717) is 63.9 Å². The van der Waals surface area contributed by atoms with Crippen molar-refractivity contribution in [1.82, 2.24) is 19.8 Å². The number of fused-ring (bicyclic) bond motifs is 2. The van der Waals surface area contributed by atoms with E-state index in [1.54, 1.807) is 14.1 Å². The fraction of sp³-hybridized carbons (Fsp3) is 0.548. The third kappa shape index (κ3) is 6.72. The summed E-state index contributed by atoms with van der Waals surface area (Å²) < 4.78 is 43.0. The van der Waals surface area contributed by atoms with Crippen molar-refractivity contribution in [3.63, 3.8) is 0 Å². The van der Waals surface area contributed by atoms with Gasteiger partial charge in [-0.3, -0.25) is 14.7 Å². The van der Waals surface area contributed by atoms with Gasteiger partial charge in [0, 0.05) is 61.3 Å². The molecule has 2 saturated heterocycles. The number of anilines is 2. The lowest BCUT2D eigenvalue weighted by Crippen LogP contribution is -2.43. The van der Waals surface area contributed by atoms with E-state index in [1.165, 1.54) is 11.0 Å². The number of carbonyl (C=O) groups excluding carboxylic acids is 1. The Morgan fingerprint density at radius 1 is 1.30 bits per heavy atom. The highest BCUT2D eigenvalue weighted by Gasteiger charge is 2.49. The van der Waals surface area contributed by atoms with Crippen LogP contribution in [0.5, 0.6) is 6.01 Å². The van der Waals surface area contributed by atoms with Crippen LogP contribution in [0.25, 0.3) is 0 Å². The van der Waals surface area contributed by atoms with Gasteiger partial charge >= 0.3 is 6.01 Å². The lowest BCUT2D eigenvalue weighted by Gasteiger charge is -2.33. The molecule has 3 atom stereocenters. The van der Waals surface area contributed by atoms with Gasteiger partial charge in [0.15, 0.2) is 5.82 Å². The monoisotopic (exact) mass is 804 g/mol. The molecule has 2 aromatic rings. The Labute approximate surface area is 295 Å². The number of carbonyl (C=O) groups is 1. The third-order valence-corrected chi connectivity index (χ3v) is 11.5. The molecule has 4 aliphatic rings. The lowest BCUT2D eigenvalue weighted by atomic mass is 9.95. The molecule has 0 bridgehead atoms. The molecular formula is C31H37Cl2F2IN8O3. The number of benzene rings is 1. The molecule has 0 saturated carbocycles. The molecule has 1 aromatic carbocycles. The highest BCUT2D eigenvalue weighted by Crippen LogP contribution is 2.42. The number of nitrogens with two attached hydrogens (primary N) is 2. The predicted molar refractivity (Wildman–Crippen MR) is 185 cm³/mol. The zero-order valence-corrected chi connectivity index (χ0v) is 29.8. The van der Waals surface area contributed by atoms with Crippen LogP contribution in [-0.2, 0) is 22.6 Å². The third-order valence-electron chi connectivity index (χ3n) is 9.28. The Morgan fingerprint density at radius 3 is 2.85 bits per heavy atom. The number of halogens is 5. The predicted octanol–water partition coefficient (Wildman–Crippen LogP) is 4.37. The number of amides is 1. The molecule has 0 aliphatic carbocycles. The SMILES string of the molecule is CN(C)C(=O)/C(N)=C(\Cl)C1=NCCCN(c2nc(OC[C@@]34CCCN3C[C@H](F)C4)nc3c2COC(c2c(F)c(N)cc(Cl)c2I)C3)C1. The minimum Gasteiger partial charge on any atom is -0.461 e. The first-order valence-electron chi connectivity index (χ1n) is 15.5. The number of likely N-dealkylation sites (N-methyl/N-ethyl adjacent to an activating group) is 1. The first-order chi connectivity index (χ1) is 22.4. The lowest BCUT2D eigenvalue weighted by molar-refractivity contribution is -0.124. The summed E-state index contributed by atoms with van der Waals surface area (Å²) in [6.07, 6.45) is 1.47. The van der Waals surface area contributed by atoms with E-state index in [4.69, 9.17) is 54.1 Å². The second-order valence-corrected chi connectivity index (χ2v) is 14.5. The zero-order chi connectivity index (χ0) is 33.6. The van der Waals surface area contributed by atoms with Gasteiger partial charge in [-0.15, -0.1) is 0 Å². The molecule has 1 unspecified atom stereocenters. The minimum absolute atomic E-state index is 0.0661. The molecule has 1 aromatic heterocycles. The number of nitrogen functional groups attached to an aromatic ring is 1.